The summed E-state index contributed by atoms with van der Waals surface area (Å²) >= 11 is 0. The molecule has 0 aliphatic heterocycles. The van der Waals surface area contributed by atoms with Crippen LogP contribution in [0, 0.1) is 11.8 Å². The second-order valence-corrected chi connectivity index (χ2v) is 6.33. The first kappa shape index (κ1) is 14.0. The van der Waals surface area contributed by atoms with Crippen molar-refractivity contribution in [3.8, 4) is 0 Å². The number of rotatable bonds is 2. The molecule has 1 fully saturated rings. The Bertz CT molecular complexity index is 568. The Labute approximate surface area is 116 Å². The summed E-state index contributed by atoms with van der Waals surface area (Å²) in [4.78, 5) is 11.7. The zero-order valence-electron chi connectivity index (χ0n) is 12.3. The van der Waals surface area contributed by atoms with Crippen molar-refractivity contribution in [1.82, 2.24) is 0 Å². The quantitative estimate of drug-likeness (QED) is 0.795. The molecule has 0 spiro atoms. The molecule has 0 saturated heterocycles. The molecule has 1 saturated carbocycles. The van der Waals surface area contributed by atoms with Gasteiger partial charge < -0.3 is 0 Å². The van der Waals surface area contributed by atoms with Gasteiger partial charge >= 0.3 is 0 Å². The summed E-state index contributed by atoms with van der Waals surface area (Å²) in [5.74, 6) is 1.85. The molecule has 1 aliphatic rings. The number of hydrogen-bond donors (Lipinski definition) is 0. The minimum absolute atomic E-state index is 0.390. The van der Waals surface area contributed by atoms with Crippen LogP contribution in [0.1, 0.15) is 51.5 Å². The summed E-state index contributed by atoms with van der Waals surface area (Å²) < 4.78 is 0. The first-order chi connectivity index (χ1) is 8.95. The molecule has 1 aliphatic carbocycles. The molecule has 1 nitrogen and oxygen atoms in total. The molecule has 2 unspecified atom stereocenters. The number of ketones is 1. The maximum Gasteiger partial charge on any atom is 0.133 e. The number of carbonyl (C=O) groups is 1. The fourth-order valence-corrected chi connectivity index (χ4v) is 2.98. The number of benzene rings is 1. The fraction of sp³-hybridized carbons (Fsp3) is 0.500. The summed E-state index contributed by atoms with van der Waals surface area (Å²) in [5.41, 5.74) is 1.33. The molecule has 19 heavy (non-hydrogen) atoms. The summed E-state index contributed by atoms with van der Waals surface area (Å²) in [6.07, 6.45) is 4.83. The molecule has 1 aromatic rings. The maximum absolute atomic E-state index is 11.7. The van der Waals surface area contributed by atoms with Crippen LogP contribution in [-0.2, 0) is 4.79 Å². The van der Waals surface area contributed by atoms with Crippen molar-refractivity contribution in [2.24, 2.45) is 11.8 Å². The van der Waals surface area contributed by atoms with Crippen LogP contribution in [-0.4, -0.2) is 5.78 Å². The van der Waals surface area contributed by atoms with Gasteiger partial charge in [-0.1, -0.05) is 51.6 Å². The fourth-order valence-electron chi connectivity index (χ4n) is 2.98. The van der Waals surface area contributed by atoms with Gasteiger partial charge in [-0.05, 0) is 40.2 Å². The summed E-state index contributed by atoms with van der Waals surface area (Å²) in [6, 6.07) is 6.51. The normalized spacial score (nSPS) is 25.1. The molecule has 2 atom stereocenters. The lowest BCUT2D eigenvalue weighted by Crippen LogP contribution is -2.27. The predicted molar refractivity (Wildman–Crippen MR) is 81.3 cm³/mol. The van der Waals surface area contributed by atoms with Gasteiger partial charge in [0, 0.05) is 12.8 Å². The van der Waals surface area contributed by atoms with Gasteiger partial charge in [0.15, 0.2) is 0 Å². The Morgan fingerprint density at radius 3 is 2.63 bits per heavy atom. The van der Waals surface area contributed by atoms with Gasteiger partial charge in [0.1, 0.15) is 5.78 Å². The van der Waals surface area contributed by atoms with Crippen molar-refractivity contribution in [3.63, 3.8) is 0 Å². The zero-order chi connectivity index (χ0) is 14.0. The van der Waals surface area contributed by atoms with Crippen molar-refractivity contribution in [2.75, 3.05) is 0 Å². The van der Waals surface area contributed by atoms with E-state index in [1.165, 1.54) is 10.8 Å². The molecule has 2 rings (SSSR count). The van der Waals surface area contributed by atoms with E-state index in [9.17, 15) is 4.79 Å². The highest BCUT2D eigenvalue weighted by Crippen LogP contribution is 2.27. The van der Waals surface area contributed by atoms with Crippen molar-refractivity contribution in [2.45, 2.75) is 46.0 Å². The lowest BCUT2D eigenvalue weighted by atomic mass is 9.81. The Hall–Kier alpha value is -1.37. The van der Waals surface area contributed by atoms with E-state index in [0.717, 1.165) is 18.1 Å². The van der Waals surface area contributed by atoms with Gasteiger partial charge in [-0.3, -0.25) is 4.79 Å². The van der Waals surface area contributed by atoms with Crippen LogP contribution in [0.2, 0.25) is 0 Å². The van der Waals surface area contributed by atoms with Crippen molar-refractivity contribution >= 4 is 18.4 Å². The van der Waals surface area contributed by atoms with E-state index < -0.39 is 0 Å². The second kappa shape index (κ2) is 5.73. The molecule has 0 radical (unpaired) electrons. The van der Waals surface area contributed by atoms with Gasteiger partial charge in [-0.2, -0.15) is 0 Å². The largest absolute Gasteiger partial charge is 0.300 e. The van der Waals surface area contributed by atoms with E-state index in [2.05, 4.69) is 51.6 Å². The van der Waals surface area contributed by atoms with Crippen LogP contribution >= 0.6 is 0 Å². The van der Waals surface area contributed by atoms with E-state index in [1.54, 1.807) is 0 Å². The van der Waals surface area contributed by atoms with E-state index >= 15 is 0 Å². The number of Topliss-reactive ketones (excluding diaryl/α,β-unsaturated/α-hetero) is 1. The van der Waals surface area contributed by atoms with Gasteiger partial charge in [-0.25, -0.2) is 0 Å². The number of hydrogen-bond acceptors (Lipinski definition) is 1. The Morgan fingerprint density at radius 1 is 1.32 bits per heavy atom. The Kier molecular flexibility index (Phi) is 4.24. The average molecular weight is 256 g/mol. The third kappa shape index (κ3) is 3.56. The maximum atomic E-state index is 11.7. The van der Waals surface area contributed by atoms with E-state index in [0.29, 0.717) is 30.0 Å². The average Bonchev–Trinajstić information content (AvgIpc) is 2.30. The van der Waals surface area contributed by atoms with E-state index in [-0.39, 0.29) is 0 Å². The van der Waals surface area contributed by atoms with Crippen LogP contribution in [0.3, 0.4) is 0 Å². The highest BCUT2D eigenvalue weighted by atomic mass is 16.1. The van der Waals surface area contributed by atoms with Crippen LogP contribution < -0.4 is 10.4 Å². The van der Waals surface area contributed by atoms with Crippen LogP contribution in [0.25, 0.3) is 12.7 Å². The number of carbonyl (C=O) groups excluding carboxylic acids is 1. The lowest BCUT2D eigenvalue weighted by molar-refractivity contribution is -0.122. The van der Waals surface area contributed by atoms with Crippen molar-refractivity contribution < 1.29 is 4.79 Å². The topological polar surface area (TPSA) is 17.1 Å². The first-order valence-corrected chi connectivity index (χ1v) is 7.28. The molecule has 102 valence electrons. The van der Waals surface area contributed by atoms with Gasteiger partial charge in [-0.15, -0.1) is 0 Å². The predicted octanol–water partition coefficient (Wildman–Crippen LogP) is 3.01. The van der Waals surface area contributed by atoms with E-state index in [1.807, 2.05) is 0 Å². The van der Waals surface area contributed by atoms with Gasteiger partial charge in [0.2, 0.25) is 0 Å². The monoisotopic (exact) mass is 256 g/mol. The Morgan fingerprint density at radius 2 is 2.05 bits per heavy atom. The van der Waals surface area contributed by atoms with Gasteiger partial charge in [0.05, 0.1) is 0 Å². The SMILES string of the molecule is C=c1cc(C(C)C)cc/c1=C/C1CC(=O)CC(C)C1. The summed E-state index contributed by atoms with van der Waals surface area (Å²) in [7, 11) is 0. The first-order valence-electron chi connectivity index (χ1n) is 7.28. The molecule has 1 aromatic carbocycles. The lowest BCUT2D eigenvalue weighted by Gasteiger charge is -2.23. The van der Waals surface area contributed by atoms with E-state index in [4.69, 9.17) is 0 Å². The van der Waals surface area contributed by atoms with Crippen LogP contribution in [0.4, 0.5) is 0 Å². The minimum atomic E-state index is 0.390. The molecule has 1 heteroatoms. The van der Waals surface area contributed by atoms with Crippen molar-refractivity contribution in [1.29, 1.82) is 0 Å². The van der Waals surface area contributed by atoms with Crippen LogP contribution in [0.5, 0.6) is 0 Å². The molecule has 0 bridgehead atoms. The highest BCUT2D eigenvalue weighted by molar-refractivity contribution is 5.80. The smallest absolute Gasteiger partial charge is 0.133 e. The zero-order valence-corrected chi connectivity index (χ0v) is 12.3. The molecule has 0 aromatic heterocycles. The summed E-state index contributed by atoms with van der Waals surface area (Å²) in [6.45, 7) is 10.7. The molecular weight excluding hydrogens is 232 g/mol. The van der Waals surface area contributed by atoms with Crippen LogP contribution in [0.15, 0.2) is 18.2 Å². The summed E-state index contributed by atoms with van der Waals surface area (Å²) in [5, 5.41) is 2.27. The second-order valence-electron chi connectivity index (χ2n) is 6.33. The molecule has 0 amide bonds. The third-order valence-corrected chi connectivity index (χ3v) is 4.02. The molecular formula is C18H24O. The standard InChI is InChI=1S/C18H24O/c1-12(2)16-5-6-17(14(4)9-16)10-15-7-13(3)8-18(19)11-15/h5-6,9-10,12-13,15H,4,7-8,11H2,1-3H3/b17-10-. The third-order valence-electron chi connectivity index (χ3n) is 4.02. The molecule has 0 heterocycles. The minimum Gasteiger partial charge on any atom is -0.300 e. The van der Waals surface area contributed by atoms with Crippen molar-refractivity contribution in [3.05, 3.63) is 34.2 Å². The highest BCUT2D eigenvalue weighted by Gasteiger charge is 2.22. The van der Waals surface area contributed by atoms with Gasteiger partial charge in [0.25, 0.3) is 0 Å². The molecule has 0 N–H and O–H groups in total. The Balaban J connectivity index is 2.28.